The van der Waals surface area contributed by atoms with E-state index in [1.807, 2.05) is 19.1 Å². The molecule has 1 aliphatic rings. The van der Waals surface area contributed by atoms with Crippen molar-refractivity contribution in [3.8, 4) is 0 Å². The van der Waals surface area contributed by atoms with E-state index >= 15 is 0 Å². The molecule has 0 aliphatic carbocycles. The Kier molecular flexibility index (Phi) is 3.88. The molecule has 2 aromatic rings. The quantitative estimate of drug-likeness (QED) is 0.935. The first-order valence-electron chi connectivity index (χ1n) is 7.71. The zero-order valence-electron chi connectivity index (χ0n) is 12.8. The minimum Gasteiger partial charge on any atom is -0.368 e. The maximum atomic E-state index is 12.4. The summed E-state index contributed by atoms with van der Waals surface area (Å²) in [5, 5.41) is 1.18. The van der Waals surface area contributed by atoms with E-state index in [0.717, 1.165) is 17.6 Å². The Morgan fingerprint density at radius 3 is 2.86 bits per heavy atom. The molecule has 0 radical (unpaired) electrons. The van der Waals surface area contributed by atoms with Crippen molar-refractivity contribution in [3.05, 3.63) is 36.0 Å². The van der Waals surface area contributed by atoms with Crippen LogP contribution in [0.4, 0.5) is 0 Å². The Morgan fingerprint density at radius 1 is 1.32 bits per heavy atom. The van der Waals surface area contributed by atoms with E-state index in [4.69, 9.17) is 5.73 Å². The molecule has 1 fully saturated rings. The second-order valence-corrected chi connectivity index (χ2v) is 5.89. The first-order valence-corrected chi connectivity index (χ1v) is 7.71. The SMILES string of the molecule is Cc1cc2ccccc2n1CCC(=O)N1CCC[C@H]1C(N)=O. The van der Waals surface area contributed by atoms with Crippen LogP contribution in [0.15, 0.2) is 30.3 Å². The van der Waals surface area contributed by atoms with E-state index in [1.165, 1.54) is 5.39 Å². The maximum absolute atomic E-state index is 12.4. The Bertz CT molecular complexity index is 720. The second-order valence-electron chi connectivity index (χ2n) is 5.89. The minimum absolute atomic E-state index is 0.0125. The predicted molar refractivity (Wildman–Crippen MR) is 85.2 cm³/mol. The number of rotatable bonds is 4. The van der Waals surface area contributed by atoms with Crippen LogP contribution in [0.5, 0.6) is 0 Å². The molecule has 0 unspecified atom stereocenters. The molecular weight excluding hydrogens is 278 g/mol. The van der Waals surface area contributed by atoms with Gasteiger partial charge in [-0.05, 0) is 37.3 Å². The van der Waals surface area contributed by atoms with Crippen molar-refractivity contribution in [2.24, 2.45) is 5.73 Å². The number of aromatic nitrogens is 1. The van der Waals surface area contributed by atoms with Crippen LogP contribution in [0.1, 0.15) is 25.0 Å². The fourth-order valence-electron chi connectivity index (χ4n) is 3.36. The van der Waals surface area contributed by atoms with E-state index in [9.17, 15) is 9.59 Å². The van der Waals surface area contributed by atoms with E-state index in [0.29, 0.717) is 25.9 Å². The first kappa shape index (κ1) is 14.6. The number of amides is 2. The van der Waals surface area contributed by atoms with Crippen LogP contribution in [0, 0.1) is 6.92 Å². The van der Waals surface area contributed by atoms with Crippen molar-refractivity contribution < 1.29 is 9.59 Å². The van der Waals surface area contributed by atoms with E-state index in [1.54, 1.807) is 4.90 Å². The average molecular weight is 299 g/mol. The van der Waals surface area contributed by atoms with Crippen LogP contribution in [0.3, 0.4) is 0 Å². The Labute approximate surface area is 129 Å². The number of carbonyl (C=O) groups is 2. The number of para-hydroxylation sites is 1. The van der Waals surface area contributed by atoms with Gasteiger partial charge in [0, 0.05) is 30.7 Å². The highest BCUT2D eigenvalue weighted by Gasteiger charge is 2.32. The smallest absolute Gasteiger partial charge is 0.240 e. The van der Waals surface area contributed by atoms with Gasteiger partial charge in [-0.15, -0.1) is 0 Å². The number of nitrogens with two attached hydrogens (primary N) is 1. The summed E-state index contributed by atoms with van der Waals surface area (Å²) >= 11 is 0. The molecule has 1 aromatic heterocycles. The lowest BCUT2D eigenvalue weighted by molar-refractivity contribution is -0.137. The Morgan fingerprint density at radius 2 is 2.09 bits per heavy atom. The van der Waals surface area contributed by atoms with Crippen molar-refractivity contribution in [3.63, 3.8) is 0 Å². The predicted octanol–water partition coefficient (Wildman–Crippen LogP) is 1.82. The fraction of sp³-hybridized carbons (Fsp3) is 0.412. The molecule has 2 heterocycles. The molecule has 2 amide bonds. The van der Waals surface area contributed by atoms with Gasteiger partial charge in [0.05, 0.1) is 0 Å². The van der Waals surface area contributed by atoms with Gasteiger partial charge in [-0.25, -0.2) is 0 Å². The average Bonchev–Trinajstić information content (AvgIpc) is 3.09. The van der Waals surface area contributed by atoms with Gasteiger partial charge in [-0.3, -0.25) is 9.59 Å². The zero-order chi connectivity index (χ0) is 15.7. The van der Waals surface area contributed by atoms with Crippen LogP contribution in [-0.4, -0.2) is 33.9 Å². The molecule has 5 nitrogen and oxygen atoms in total. The van der Waals surface area contributed by atoms with E-state index < -0.39 is 11.9 Å². The van der Waals surface area contributed by atoms with Crippen molar-refractivity contribution >= 4 is 22.7 Å². The molecular formula is C17H21N3O2. The highest BCUT2D eigenvalue weighted by atomic mass is 16.2. The number of carbonyl (C=O) groups excluding carboxylic acids is 2. The summed E-state index contributed by atoms with van der Waals surface area (Å²) in [6.07, 6.45) is 1.93. The molecule has 2 N–H and O–H groups in total. The summed E-state index contributed by atoms with van der Waals surface area (Å²) in [4.78, 5) is 25.5. The van der Waals surface area contributed by atoms with Crippen LogP contribution in [0.25, 0.3) is 10.9 Å². The molecule has 1 atom stereocenters. The van der Waals surface area contributed by atoms with Gasteiger partial charge in [-0.2, -0.15) is 0 Å². The van der Waals surface area contributed by atoms with Gasteiger partial charge >= 0.3 is 0 Å². The summed E-state index contributed by atoms with van der Waals surface area (Å²) in [7, 11) is 0. The van der Waals surface area contributed by atoms with Gasteiger partial charge in [0.2, 0.25) is 11.8 Å². The van der Waals surface area contributed by atoms with Crippen LogP contribution in [0.2, 0.25) is 0 Å². The van der Waals surface area contributed by atoms with Gasteiger partial charge in [0.25, 0.3) is 0 Å². The lowest BCUT2D eigenvalue weighted by Crippen LogP contribution is -2.43. The van der Waals surface area contributed by atoms with Crippen molar-refractivity contribution in [2.75, 3.05) is 6.54 Å². The third kappa shape index (κ3) is 2.58. The standard InChI is InChI=1S/C17H21N3O2/c1-12-11-13-5-2-3-6-14(13)19(12)10-8-16(21)20-9-4-7-15(20)17(18)22/h2-3,5-6,11,15H,4,7-10H2,1H3,(H2,18,22)/t15-/m0/s1. The number of hydrogen-bond acceptors (Lipinski definition) is 2. The first-order chi connectivity index (χ1) is 10.6. The molecule has 1 aromatic carbocycles. The summed E-state index contributed by atoms with van der Waals surface area (Å²) in [5.74, 6) is -0.382. The van der Waals surface area contributed by atoms with Gasteiger partial charge in [0.15, 0.2) is 0 Å². The minimum atomic E-state index is -0.421. The van der Waals surface area contributed by atoms with Crippen molar-refractivity contribution in [1.29, 1.82) is 0 Å². The number of likely N-dealkylation sites (tertiary alicyclic amines) is 1. The monoisotopic (exact) mass is 299 g/mol. The number of benzene rings is 1. The third-order valence-corrected chi connectivity index (χ3v) is 4.47. The Hall–Kier alpha value is -2.30. The third-order valence-electron chi connectivity index (χ3n) is 4.47. The Balaban J connectivity index is 1.73. The number of nitrogens with zero attached hydrogens (tertiary/aromatic N) is 2. The molecule has 5 heteroatoms. The molecule has 22 heavy (non-hydrogen) atoms. The van der Waals surface area contributed by atoms with Gasteiger partial charge in [0.1, 0.15) is 6.04 Å². The maximum Gasteiger partial charge on any atom is 0.240 e. The van der Waals surface area contributed by atoms with Crippen molar-refractivity contribution in [1.82, 2.24) is 9.47 Å². The van der Waals surface area contributed by atoms with Crippen LogP contribution >= 0.6 is 0 Å². The second kappa shape index (κ2) is 5.83. The van der Waals surface area contributed by atoms with E-state index in [2.05, 4.69) is 22.8 Å². The normalized spacial score (nSPS) is 18.0. The van der Waals surface area contributed by atoms with Crippen LogP contribution in [-0.2, 0) is 16.1 Å². The molecule has 0 saturated carbocycles. The largest absolute Gasteiger partial charge is 0.368 e. The zero-order valence-corrected chi connectivity index (χ0v) is 12.8. The molecule has 116 valence electrons. The topological polar surface area (TPSA) is 68.3 Å². The molecule has 1 saturated heterocycles. The molecule has 0 bridgehead atoms. The molecule has 3 rings (SSSR count). The summed E-state index contributed by atoms with van der Waals surface area (Å²) in [6, 6.07) is 9.86. The van der Waals surface area contributed by atoms with Crippen molar-refractivity contribution in [2.45, 2.75) is 38.8 Å². The lowest BCUT2D eigenvalue weighted by atomic mass is 10.2. The van der Waals surface area contributed by atoms with Gasteiger partial charge < -0.3 is 15.2 Å². The number of fused-ring (bicyclic) bond motifs is 1. The number of primary amides is 1. The molecule has 1 aliphatic heterocycles. The summed E-state index contributed by atoms with van der Waals surface area (Å²) < 4.78 is 2.16. The highest BCUT2D eigenvalue weighted by molar-refractivity contribution is 5.87. The summed E-state index contributed by atoms with van der Waals surface area (Å²) in [5.41, 5.74) is 7.66. The van der Waals surface area contributed by atoms with E-state index in [-0.39, 0.29) is 5.91 Å². The number of aryl methyl sites for hydroxylation is 2. The summed E-state index contributed by atoms with van der Waals surface area (Å²) in [6.45, 7) is 3.31. The molecule has 0 spiro atoms. The van der Waals surface area contributed by atoms with Gasteiger partial charge in [-0.1, -0.05) is 18.2 Å². The fourth-order valence-corrected chi connectivity index (χ4v) is 3.36. The highest BCUT2D eigenvalue weighted by Crippen LogP contribution is 2.21. The van der Waals surface area contributed by atoms with Crippen LogP contribution < -0.4 is 5.73 Å². The number of hydrogen-bond donors (Lipinski definition) is 1. The lowest BCUT2D eigenvalue weighted by Gasteiger charge is -2.22.